The Morgan fingerprint density at radius 1 is 1.00 bits per heavy atom. The third kappa shape index (κ3) is 6.08. The first-order valence-electron chi connectivity index (χ1n) is 12.5. The molecule has 7 nitrogen and oxygen atoms in total. The van der Waals surface area contributed by atoms with Gasteiger partial charge in [0.1, 0.15) is 17.2 Å². The third-order valence-corrected chi connectivity index (χ3v) is 6.47. The van der Waals surface area contributed by atoms with Crippen molar-refractivity contribution in [3.63, 3.8) is 0 Å². The zero-order valence-electron chi connectivity index (χ0n) is 21.7. The molecule has 0 aliphatic carbocycles. The van der Waals surface area contributed by atoms with E-state index in [1.165, 1.54) is 0 Å². The Bertz CT molecular complexity index is 1270. The van der Waals surface area contributed by atoms with Gasteiger partial charge < -0.3 is 19.4 Å². The number of halogens is 4. The maximum absolute atomic E-state index is 14.8. The van der Waals surface area contributed by atoms with Gasteiger partial charge in [-0.25, -0.2) is 22.3 Å². The second kappa shape index (κ2) is 11.4. The zero-order chi connectivity index (χ0) is 27.6. The summed E-state index contributed by atoms with van der Waals surface area (Å²) in [7, 11) is 0. The van der Waals surface area contributed by atoms with Crippen LogP contribution in [0.5, 0.6) is 5.75 Å². The first-order chi connectivity index (χ1) is 18.0. The van der Waals surface area contributed by atoms with E-state index in [-0.39, 0.29) is 29.6 Å². The van der Waals surface area contributed by atoms with Gasteiger partial charge in [-0.15, -0.1) is 0 Å². The summed E-state index contributed by atoms with van der Waals surface area (Å²) in [6, 6.07) is 3.74. The van der Waals surface area contributed by atoms with E-state index >= 15 is 0 Å². The lowest BCUT2D eigenvalue weighted by molar-refractivity contribution is -0.487. The number of aromatic nitrogens is 2. The molecule has 38 heavy (non-hydrogen) atoms. The topological polar surface area (TPSA) is 77.5 Å². The van der Waals surface area contributed by atoms with Crippen molar-refractivity contribution in [2.75, 3.05) is 24.6 Å². The van der Waals surface area contributed by atoms with Crippen molar-refractivity contribution in [3.8, 4) is 16.9 Å². The predicted octanol–water partition coefficient (Wildman–Crippen LogP) is 6.05. The number of nitrogens with zero attached hydrogens (tertiary/aromatic N) is 4. The molecule has 0 unspecified atom stereocenters. The Kier molecular flexibility index (Phi) is 8.23. The predicted molar refractivity (Wildman–Crippen MR) is 134 cm³/mol. The molecule has 1 aliphatic rings. The molecule has 0 spiro atoms. The number of piperidine rings is 1. The number of rotatable bonds is 8. The van der Waals surface area contributed by atoms with Gasteiger partial charge in [-0.2, -0.15) is 4.98 Å². The molecule has 0 bridgehead atoms. The number of benzene rings is 2. The summed E-state index contributed by atoms with van der Waals surface area (Å²) in [5, 5.41) is 15.8. The Labute approximate surface area is 218 Å². The van der Waals surface area contributed by atoms with Crippen LogP contribution in [-0.2, 0) is 0 Å². The minimum Gasteiger partial charge on any atom is -0.624 e. The lowest BCUT2D eigenvalue weighted by atomic mass is 9.98. The molecule has 0 amide bonds. The average molecular weight is 535 g/mol. The van der Waals surface area contributed by atoms with Gasteiger partial charge in [0.2, 0.25) is 0 Å². The Balaban J connectivity index is 1.41. The molecule has 2 heterocycles. The van der Waals surface area contributed by atoms with Gasteiger partial charge in [0.15, 0.2) is 35.5 Å². The summed E-state index contributed by atoms with van der Waals surface area (Å²) in [5.74, 6) is -3.68. The second-order valence-electron chi connectivity index (χ2n) is 10.0. The number of ether oxygens (including phenoxy) is 1. The van der Waals surface area contributed by atoms with Crippen molar-refractivity contribution < 1.29 is 31.6 Å². The SMILES string of the molecule is CC(C)c1noc(N2CCC(COc3c(F)cc(-c4cc(F)c(/C=[N+](\[O-])C(C)C)c(F)c4)cc3F)CC2)n1. The van der Waals surface area contributed by atoms with Crippen LogP contribution in [-0.4, -0.2) is 46.8 Å². The summed E-state index contributed by atoms with van der Waals surface area (Å²) in [4.78, 5) is 6.37. The lowest BCUT2D eigenvalue weighted by Gasteiger charge is -2.30. The molecule has 1 saturated heterocycles. The quantitative estimate of drug-likeness (QED) is 0.115. The Morgan fingerprint density at radius 2 is 1.55 bits per heavy atom. The maximum atomic E-state index is 14.8. The summed E-state index contributed by atoms with van der Waals surface area (Å²) >= 11 is 0. The average Bonchev–Trinajstić information content (AvgIpc) is 3.36. The molecule has 11 heteroatoms. The van der Waals surface area contributed by atoms with E-state index in [4.69, 9.17) is 9.26 Å². The van der Waals surface area contributed by atoms with Crippen LogP contribution >= 0.6 is 0 Å². The molecular formula is C27H30F4N4O3. The first-order valence-corrected chi connectivity index (χ1v) is 12.5. The van der Waals surface area contributed by atoms with Gasteiger partial charge in [0.25, 0.3) is 0 Å². The van der Waals surface area contributed by atoms with Crippen molar-refractivity contribution >= 4 is 12.2 Å². The monoisotopic (exact) mass is 534 g/mol. The minimum absolute atomic E-state index is 0.0619. The highest BCUT2D eigenvalue weighted by molar-refractivity contribution is 5.79. The van der Waals surface area contributed by atoms with E-state index in [0.29, 0.717) is 42.5 Å². The normalized spacial score (nSPS) is 15.1. The van der Waals surface area contributed by atoms with Crippen LogP contribution in [0.25, 0.3) is 11.1 Å². The second-order valence-corrected chi connectivity index (χ2v) is 10.0. The van der Waals surface area contributed by atoms with E-state index in [0.717, 1.165) is 30.5 Å². The number of hydrogen-bond acceptors (Lipinski definition) is 6. The molecule has 3 aromatic rings. The fourth-order valence-corrected chi connectivity index (χ4v) is 4.10. The molecule has 0 saturated carbocycles. The van der Waals surface area contributed by atoms with Crippen molar-refractivity contribution in [2.45, 2.75) is 52.5 Å². The fourth-order valence-electron chi connectivity index (χ4n) is 4.10. The third-order valence-electron chi connectivity index (χ3n) is 6.47. The van der Waals surface area contributed by atoms with Crippen LogP contribution in [0, 0.1) is 34.4 Å². The fraction of sp³-hybridized carbons (Fsp3) is 0.444. The van der Waals surface area contributed by atoms with Gasteiger partial charge in [0.05, 0.1) is 6.61 Å². The zero-order valence-corrected chi connectivity index (χ0v) is 21.7. The summed E-state index contributed by atoms with van der Waals surface area (Å²) in [6.07, 6.45) is 2.23. The standard InChI is InChI=1S/C27H30F4N4O3/c1-15(2)26-32-27(38-33-26)34-7-5-17(6-8-34)14-37-25-23(30)11-19(12-24(25)31)18-9-21(28)20(22(29)10-18)13-35(36)16(3)4/h9-13,15-17H,5-8,14H2,1-4H3/b35-13-. The smallest absolute Gasteiger partial charge is 0.324 e. The van der Waals surface area contributed by atoms with Gasteiger partial charge >= 0.3 is 6.01 Å². The van der Waals surface area contributed by atoms with Gasteiger partial charge in [-0.05, 0) is 68.0 Å². The van der Waals surface area contributed by atoms with E-state index in [1.807, 2.05) is 18.7 Å². The summed E-state index contributed by atoms with van der Waals surface area (Å²) < 4.78 is 69.9. The molecule has 4 rings (SSSR count). The molecular weight excluding hydrogens is 504 g/mol. The van der Waals surface area contributed by atoms with E-state index < -0.39 is 40.6 Å². The van der Waals surface area contributed by atoms with Crippen molar-refractivity contribution in [2.24, 2.45) is 5.92 Å². The number of anilines is 1. The number of hydroxylamine groups is 1. The summed E-state index contributed by atoms with van der Waals surface area (Å²) in [6.45, 7) is 8.50. The molecule has 204 valence electrons. The highest BCUT2D eigenvalue weighted by Crippen LogP contribution is 2.32. The summed E-state index contributed by atoms with van der Waals surface area (Å²) in [5.41, 5.74) is -0.658. The molecule has 1 aromatic heterocycles. The van der Waals surface area contributed by atoms with Gasteiger partial charge in [0, 0.05) is 19.0 Å². The highest BCUT2D eigenvalue weighted by Gasteiger charge is 2.25. The van der Waals surface area contributed by atoms with E-state index in [9.17, 15) is 22.8 Å². The molecule has 0 N–H and O–H groups in total. The maximum Gasteiger partial charge on any atom is 0.324 e. The van der Waals surface area contributed by atoms with Crippen molar-refractivity contribution in [1.82, 2.24) is 10.1 Å². The van der Waals surface area contributed by atoms with Gasteiger partial charge in [-0.3, -0.25) is 0 Å². The highest BCUT2D eigenvalue weighted by atomic mass is 19.1. The van der Waals surface area contributed by atoms with Crippen LogP contribution in [0.4, 0.5) is 23.6 Å². The molecule has 0 atom stereocenters. The van der Waals surface area contributed by atoms with Crippen molar-refractivity contribution in [3.05, 3.63) is 64.1 Å². The Hall–Kier alpha value is -3.63. The van der Waals surface area contributed by atoms with E-state index in [1.54, 1.807) is 13.8 Å². The van der Waals surface area contributed by atoms with Gasteiger partial charge in [-0.1, -0.05) is 19.0 Å². The van der Waals surface area contributed by atoms with Crippen LogP contribution in [0.3, 0.4) is 0 Å². The molecule has 0 radical (unpaired) electrons. The van der Waals surface area contributed by atoms with Crippen molar-refractivity contribution in [1.29, 1.82) is 0 Å². The minimum atomic E-state index is -1.02. The van der Waals surface area contributed by atoms with Crippen LogP contribution < -0.4 is 9.64 Å². The van der Waals surface area contributed by atoms with Crippen LogP contribution in [0.2, 0.25) is 0 Å². The lowest BCUT2D eigenvalue weighted by Crippen LogP contribution is -2.35. The molecule has 2 aromatic carbocycles. The molecule has 1 aliphatic heterocycles. The van der Waals surface area contributed by atoms with Crippen LogP contribution in [0.15, 0.2) is 28.8 Å². The van der Waals surface area contributed by atoms with E-state index in [2.05, 4.69) is 10.1 Å². The first kappa shape index (κ1) is 27.4. The molecule has 1 fully saturated rings. The largest absolute Gasteiger partial charge is 0.624 e. The van der Waals surface area contributed by atoms with Crippen LogP contribution in [0.1, 0.15) is 57.8 Å². The number of hydrogen-bond donors (Lipinski definition) is 0. The Morgan fingerprint density at radius 3 is 2.05 bits per heavy atom.